The molecule has 0 aliphatic carbocycles. The van der Waals surface area contributed by atoms with Crippen molar-refractivity contribution < 1.29 is 14.6 Å². The fourth-order valence-electron chi connectivity index (χ4n) is 0.745. The van der Waals surface area contributed by atoms with E-state index < -0.39 is 6.10 Å². The second kappa shape index (κ2) is 7.53. The van der Waals surface area contributed by atoms with Gasteiger partial charge in [-0.25, -0.2) is 0 Å². The summed E-state index contributed by atoms with van der Waals surface area (Å²) in [6.07, 6.45) is 0.716. The summed E-state index contributed by atoms with van der Waals surface area (Å²) in [6.45, 7) is 7.50. The van der Waals surface area contributed by atoms with Crippen molar-refractivity contribution in [2.45, 2.75) is 39.4 Å². The largest absolute Gasteiger partial charge is 0.391 e. The average molecular weight is 176 g/mol. The average Bonchev–Trinajstić information content (AvgIpc) is 2.01. The highest BCUT2D eigenvalue weighted by Gasteiger charge is 2.03. The van der Waals surface area contributed by atoms with Gasteiger partial charge >= 0.3 is 0 Å². The minimum Gasteiger partial charge on any atom is -0.391 e. The van der Waals surface area contributed by atoms with Crippen LogP contribution in [0.3, 0.4) is 0 Å². The number of rotatable bonds is 7. The molecule has 0 unspecified atom stereocenters. The van der Waals surface area contributed by atoms with Crippen LogP contribution in [0, 0.1) is 0 Å². The van der Waals surface area contributed by atoms with Crippen LogP contribution in [0.25, 0.3) is 0 Å². The molecule has 0 aliphatic rings. The molecule has 0 aromatic rings. The predicted molar refractivity (Wildman–Crippen MR) is 48.2 cm³/mol. The van der Waals surface area contributed by atoms with Gasteiger partial charge in [-0.05, 0) is 20.3 Å². The number of aliphatic hydroxyl groups is 1. The summed E-state index contributed by atoms with van der Waals surface area (Å²) in [7, 11) is 0. The van der Waals surface area contributed by atoms with Crippen LogP contribution in [0.4, 0.5) is 0 Å². The molecule has 0 heterocycles. The van der Waals surface area contributed by atoms with Crippen LogP contribution in [0.1, 0.15) is 27.2 Å². The second-order valence-electron chi connectivity index (χ2n) is 3.07. The van der Waals surface area contributed by atoms with Crippen molar-refractivity contribution in [3.8, 4) is 0 Å². The van der Waals surface area contributed by atoms with E-state index >= 15 is 0 Å². The van der Waals surface area contributed by atoms with Gasteiger partial charge in [0.15, 0.2) is 0 Å². The highest BCUT2D eigenvalue weighted by molar-refractivity contribution is 4.49. The van der Waals surface area contributed by atoms with Crippen molar-refractivity contribution in [2.75, 3.05) is 19.8 Å². The topological polar surface area (TPSA) is 38.7 Å². The molecule has 74 valence electrons. The zero-order valence-corrected chi connectivity index (χ0v) is 8.25. The monoisotopic (exact) mass is 176 g/mol. The van der Waals surface area contributed by atoms with Crippen molar-refractivity contribution in [3.05, 3.63) is 0 Å². The fourth-order valence-corrected chi connectivity index (χ4v) is 0.745. The Morgan fingerprint density at radius 2 is 1.92 bits per heavy atom. The third kappa shape index (κ3) is 7.98. The minimum absolute atomic E-state index is 0.0751. The lowest BCUT2D eigenvalue weighted by Gasteiger charge is -2.14. The van der Waals surface area contributed by atoms with Gasteiger partial charge in [0.05, 0.1) is 25.4 Å². The Hall–Kier alpha value is -0.120. The summed E-state index contributed by atoms with van der Waals surface area (Å²) < 4.78 is 10.5. The van der Waals surface area contributed by atoms with Crippen LogP contribution < -0.4 is 0 Å². The summed E-state index contributed by atoms with van der Waals surface area (Å²) in [6, 6.07) is 0. The van der Waals surface area contributed by atoms with E-state index in [9.17, 15) is 0 Å². The lowest BCUT2D eigenvalue weighted by molar-refractivity contribution is -0.0363. The molecule has 0 saturated heterocycles. The molecule has 12 heavy (non-hydrogen) atoms. The first kappa shape index (κ1) is 11.9. The Kier molecular flexibility index (Phi) is 7.45. The molecule has 0 aromatic carbocycles. The van der Waals surface area contributed by atoms with Crippen molar-refractivity contribution >= 4 is 0 Å². The maximum Gasteiger partial charge on any atom is 0.0781 e. The van der Waals surface area contributed by atoms with Gasteiger partial charge in [0.25, 0.3) is 0 Å². The Bertz CT molecular complexity index is 93.8. The van der Waals surface area contributed by atoms with Crippen molar-refractivity contribution in [3.63, 3.8) is 0 Å². The van der Waals surface area contributed by atoms with Crippen LogP contribution in [0.2, 0.25) is 0 Å². The highest BCUT2D eigenvalue weighted by Crippen LogP contribution is 1.94. The van der Waals surface area contributed by atoms with E-state index in [0.29, 0.717) is 13.2 Å². The molecule has 0 amide bonds. The molecule has 0 bridgehead atoms. The van der Waals surface area contributed by atoms with Gasteiger partial charge in [0, 0.05) is 6.61 Å². The van der Waals surface area contributed by atoms with E-state index in [-0.39, 0.29) is 6.10 Å². The van der Waals surface area contributed by atoms with Gasteiger partial charge in [-0.1, -0.05) is 6.92 Å². The molecule has 0 rings (SSSR count). The molecule has 0 saturated carbocycles. The van der Waals surface area contributed by atoms with E-state index in [2.05, 4.69) is 6.92 Å². The molecule has 0 aliphatic heterocycles. The molecular weight excluding hydrogens is 156 g/mol. The van der Waals surface area contributed by atoms with Crippen LogP contribution in [0.15, 0.2) is 0 Å². The van der Waals surface area contributed by atoms with E-state index in [1.54, 1.807) is 6.92 Å². The van der Waals surface area contributed by atoms with Crippen molar-refractivity contribution in [2.24, 2.45) is 0 Å². The maximum absolute atomic E-state index is 8.91. The van der Waals surface area contributed by atoms with Gasteiger partial charge in [-0.2, -0.15) is 0 Å². The maximum atomic E-state index is 8.91. The van der Waals surface area contributed by atoms with E-state index in [1.165, 1.54) is 0 Å². The van der Waals surface area contributed by atoms with E-state index in [0.717, 1.165) is 13.0 Å². The van der Waals surface area contributed by atoms with E-state index in [1.807, 2.05) is 6.92 Å². The van der Waals surface area contributed by atoms with Gasteiger partial charge < -0.3 is 14.6 Å². The summed E-state index contributed by atoms with van der Waals surface area (Å²) >= 11 is 0. The molecule has 1 N–H and O–H groups in total. The van der Waals surface area contributed by atoms with Crippen LogP contribution in [0.5, 0.6) is 0 Å². The molecule has 0 aromatic heterocycles. The van der Waals surface area contributed by atoms with Gasteiger partial charge in [0.2, 0.25) is 0 Å². The zero-order valence-electron chi connectivity index (χ0n) is 8.25. The first-order valence-corrected chi connectivity index (χ1v) is 4.54. The summed E-state index contributed by atoms with van der Waals surface area (Å²) in [4.78, 5) is 0. The van der Waals surface area contributed by atoms with Gasteiger partial charge in [-0.3, -0.25) is 0 Å². The molecule has 3 nitrogen and oxygen atoms in total. The summed E-state index contributed by atoms with van der Waals surface area (Å²) in [5, 5.41) is 8.91. The molecule has 2 atom stereocenters. The normalized spacial score (nSPS) is 16.0. The standard InChI is InChI=1S/C9H20O3/c1-4-5-11-7-9(3)12-6-8(2)10/h8-10H,4-7H2,1-3H3/t8-,9-/m0/s1. The summed E-state index contributed by atoms with van der Waals surface area (Å²) in [5.74, 6) is 0. The number of hydrogen-bond donors (Lipinski definition) is 1. The quantitative estimate of drug-likeness (QED) is 0.592. The van der Waals surface area contributed by atoms with Crippen molar-refractivity contribution in [1.29, 1.82) is 0 Å². The number of ether oxygens (including phenoxy) is 2. The van der Waals surface area contributed by atoms with Crippen LogP contribution in [-0.4, -0.2) is 37.1 Å². The highest BCUT2D eigenvalue weighted by atomic mass is 16.5. The molecule has 0 fully saturated rings. The Morgan fingerprint density at radius 3 is 2.42 bits per heavy atom. The SMILES string of the molecule is CCCOC[C@H](C)OC[C@H](C)O. The molecular formula is C9H20O3. The molecule has 3 heteroatoms. The second-order valence-corrected chi connectivity index (χ2v) is 3.07. The first-order valence-electron chi connectivity index (χ1n) is 4.54. The Balaban J connectivity index is 3.15. The molecule has 0 radical (unpaired) electrons. The third-order valence-electron chi connectivity index (χ3n) is 1.32. The molecule has 0 spiro atoms. The zero-order chi connectivity index (χ0) is 9.40. The van der Waals surface area contributed by atoms with Crippen LogP contribution in [-0.2, 0) is 9.47 Å². The Labute approximate surface area is 74.7 Å². The smallest absolute Gasteiger partial charge is 0.0781 e. The van der Waals surface area contributed by atoms with Crippen LogP contribution >= 0.6 is 0 Å². The lowest BCUT2D eigenvalue weighted by Crippen LogP contribution is -2.21. The number of aliphatic hydroxyl groups excluding tert-OH is 1. The fraction of sp³-hybridized carbons (Fsp3) is 1.00. The van der Waals surface area contributed by atoms with E-state index in [4.69, 9.17) is 14.6 Å². The number of hydrogen-bond acceptors (Lipinski definition) is 3. The minimum atomic E-state index is -0.390. The Morgan fingerprint density at radius 1 is 1.25 bits per heavy atom. The lowest BCUT2D eigenvalue weighted by atomic mass is 10.4. The van der Waals surface area contributed by atoms with Crippen molar-refractivity contribution in [1.82, 2.24) is 0 Å². The summed E-state index contributed by atoms with van der Waals surface area (Å²) in [5.41, 5.74) is 0. The predicted octanol–water partition coefficient (Wildman–Crippen LogP) is 1.20. The van der Waals surface area contributed by atoms with Gasteiger partial charge in [0.1, 0.15) is 0 Å². The third-order valence-corrected chi connectivity index (χ3v) is 1.32. The van der Waals surface area contributed by atoms with Gasteiger partial charge in [-0.15, -0.1) is 0 Å². The first-order chi connectivity index (χ1) is 5.66.